The molecule has 0 saturated carbocycles. The Labute approximate surface area is 144 Å². The molecule has 3 amide bonds. The highest BCUT2D eigenvalue weighted by atomic mass is 16.4. The van der Waals surface area contributed by atoms with Gasteiger partial charge in [0, 0.05) is 19.0 Å². The molecule has 0 aromatic rings. The van der Waals surface area contributed by atoms with Crippen molar-refractivity contribution in [1.29, 1.82) is 0 Å². The van der Waals surface area contributed by atoms with Crippen LogP contribution in [0.4, 0.5) is 4.79 Å². The normalized spacial score (nSPS) is 15.4. The van der Waals surface area contributed by atoms with E-state index in [0.717, 1.165) is 0 Å². The highest BCUT2D eigenvalue weighted by molar-refractivity contribution is 5.92. The van der Waals surface area contributed by atoms with Gasteiger partial charge in [0.2, 0.25) is 0 Å². The lowest BCUT2D eigenvalue weighted by Crippen LogP contribution is -2.58. The average Bonchev–Trinajstić information content (AvgIpc) is 2.50. The molecular weight excluding hydrogens is 338 g/mol. The number of ketones is 1. The van der Waals surface area contributed by atoms with Crippen molar-refractivity contribution in [3.05, 3.63) is 0 Å². The fourth-order valence-corrected chi connectivity index (χ4v) is 1.65. The number of nitrogens with one attached hydrogen (secondary N) is 4. The number of carboxylic acids is 1. The predicted octanol–water partition coefficient (Wildman–Crippen LogP) is -3.59. The third-order valence-electron chi connectivity index (χ3n) is 2.96. The van der Waals surface area contributed by atoms with Crippen LogP contribution in [0.25, 0.3) is 0 Å². The van der Waals surface area contributed by atoms with Gasteiger partial charge < -0.3 is 31.7 Å². The van der Waals surface area contributed by atoms with Gasteiger partial charge in [-0.1, -0.05) is 0 Å². The van der Waals surface area contributed by atoms with Gasteiger partial charge in [0.15, 0.2) is 6.04 Å². The van der Waals surface area contributed by atoms with Crippen LogP contribution in [0.1, 0.15) is 20.3 Å². The van der Waals surface area contributed by atoms with Gasteiger partial charge in [-0.3, -0.25) is 15.0 Å². The van der Waals surface area contributed by atoms with E-state index in [0.29, 0.717) is 0 Å². The fraction of sp³-hybridized carbons (Fsp3) is 0.692. The van der Waals surface area contributed by atoms with E-state index in [1.807, 2.05) is 5.32 Å². The van der Waals surface area contributed by atoms with Crippen molar-refractivity contribution < 1.29 is 34.5 Å². The first-order valence-electron chi connectivity index (χ1n) is 7.45. The van der Waals surface area contributed by atoms with Gasteiger partial charge in [0.1, 0.15) is 11.8 Å². The molecule has 4 atom stereocenters. The Kier molecular flexibility index (Phi) is 10.3. The highest BCUT2D eigenvalue weighted by Gasteiger charge is 2.28. The van der Waals surface area contributed by atoms with Gasteiger partial charge in [-0.05, 0) is 13.8 Å². The van der Waals surface area contributed by atoms with Crippen molar-refractivity contribution in [2.24, 2.45) is 5.73 Å². The molecule has 1 unspecified atom stereocenters. The maximum Gasteiger partial charge on any atom is 0.328 e. The number of carbonyl (C=O) groups excluding carboxylic acids is 3. The first-order chi connectivity index (χ1) is 11.6. The number of hydrogen-bond donors (Lipinski definition) is 8. The Balaban J connectivity index is 4.75. The van der Waals surface area contributed by atoms with Crippen LogP contribution in [0.2, 0.25) is 0 Å². The predicted molar refractivity (Wildman–Crippen MR) is 85.1 cm³/mol. The monoisotopic (exact) mass is 363 g/mol. The minimum Gasteiger partial charge on any atom is -0.480 e. The van der Waals surface area contributed by atoms with Gasteiger partial charge in [0.05, 0.1) is 12.7 Å². The zero-order chi connectivity index (χ0) is 19.6. The lowest BCUT2D eigenvalue weighted by molar-refractivity contribution is -0.141. The Hall–Kier alpha value is -2.28. The molecule has 0 aliphatic rings. The molecule has 0 heterocycles. The quantitative estimate of drug-likeness (QED) is 0.171. The minimum atomic E-state index is -1.58. The number of nitrogens with two attached hydrogens (primary N) is 1. The first-order valence-corrected chi connectivity index (χ1v) is 7.45. The summed E-state index contributed by atoms with van der Waals surface area (Å²) in [7, 11) is 0. The fourth-order valence-electron chi connectivity index (χ4n) is 1.65. The van der Waals surface area contributed by atoms with Crippen LogP contribution < -0.4 is 27.2 Å². The maximum atomic E-state index is 12.0. The summed E-state index contributed by atoms with van der Waals surface area (Å²) in [5.41, 5.74) is 10.1. The summed E-state index contributed by atoms with van der Waals surface area (Å²) in [4.78, 5) is 46.0. The van der Waals surface area contributed by atoms with Crippen LogP contribution in [0.5, 0.6) is 0 Å². The average molecular weight is 363 g/mol. The first kappa shape index (κ1) is 22.7. The molecule has 0 fully saturated rings. The summed E-state index contributed by atoms with van der Waals surface area (Å²) in [6, 6.07) is -4.52. The van der Waals surface area contributed by atoms with Crippen molar-refractivity contribution in [3.63, 3.8) is 0 Å². The van der Waals surface area contributed by atoms with Crippen LogP contribution in [0, 0.1) is 0 Å². The van der Waals surface area contributed by atoms with Crippen LogP contribution in [-0.2, 0) is 14.4 Å². The summed E-state index contributed by atoms with van der Waals surface area (Å²) < 4.78 is 0. The molecule has 0 bridgehead atoms. The number of amides is 3. The second kappa shape index (κ2) is 11.3. The molecule has 0 aliphatic carbocycles. The molecule has 0 aliphatic heterocycles. The molecule has 0 spiro atoms. The molecule has 0 rings (SSSR count). The second-order valence-corrected chi connectivity index (χ2v) is 5.45. The number of aliphatic hydroxyl groups is 2. The largest absolute Gasteiger partial charge is 0.480 e. The van der Waals surface area contributed by atoms with Crippen molar-refractivity contribution >= 4 is 23.7 Å². The van der Waals surface area contributed by atoms with Crippen molar-refractivity contribution in [2.75, 3.05) is 13.2 Å². The summed E-state index contributed by atoms with van der Waals surface area (Å²) in [5.74, 6) is -2.62. The van der Waals surface area contributed by atoms with Crippen LogP contribution in [0.3, 0.4) is 0 Å². The standard InChI is InChI=1S/C13H25N5O7/c1-6(20)3-9(11(22)18-15-4-8(14)5-19)16-13(25)17-10(7(2)21)12(23)24/h7-10,15,19,21H,3-5,14H2,1-2H3,(H,18,22)(H,23,24)(H2,16,17,25)/t7?,8-,9+,10+/m1/s1. The van der Waals surface area contributed by atoms with E-state index in [9.17, 15) is 24.3 Å². The molecule has 0 radical (unpaired) electrons. The Morgan fingerprint density at radius 3 is 2.20 bits per heavy atom. The molecule has 0 aromatic heterocycles. The third-order valence-corrected chi connectivity index (χ3v) is 2.96. The van der Waals surface area contributed by atoms with E-state index in [1.165, 1.54) is 13.8 Å². The lowest BCUT2D eigenvalue weighted by Gasteiger charge is -2.21. The Morgan fingerprint density at radius 2 is 1.76 bits per heavy atom. The van der Waals surface area contributed by atoms with Crippen LogP contribution >= 0.6 is 0 Å². The smallest absolute Gasteiger partial charge is 0.328 e. The summed E-state index contributed by atoms with van der Waals surface area (Å²) in [5, 5.41) is 31.1. The van der Waals surface area contributed by atoms with E-state index < -0.39 is 47.9 Å². The summed E-state index contributed by atoms with van der Waals surface area (Å²) in [6.07, 6.45) is -1.70. The summed E-state index contributed by atoms with van der Waals surface area (Å²) in [6.45, 7) is 2.12. The maximum absolute atomic E-state index is 12.0. The number of aliphatic hydroxyl groups excluding tert-OH is 2. The highest BCUT2D eigenvalue weighted by Crippen LogP contribution is 1.97. The number of aliphatic carboxylic acids is 1. The zero-order valence-electron chi connectivity index (χ0n) is 14.0. The molecule has 0 saturated heterocycles. The van der Waals surface area contributed by atoms with Crippen LogP contribution in [-0.4, -0.2) is 76.4 Å². The van der Waals surface area contributed by atoms with Gasteiger partial charge in [-0.2, -0.15) is 0 Å². The number of carbonyl (C=O) groups is 4. The van der Waals surface area contributed by atoms with Crippen molar-refractivity contribution in [1.82, 2.24) is 21.5 Å². The van der Waals surface area contributed by atoms with Crippen molar-refractivity contribution in [3.8, 4) is 0 Å². The van der Waals surface area contributed by atoms with E-state index in [-0.39, 0.29) is 19.6 Å². The third kappa shape index (κ3) is 9.56. The molecule has 144 valence electrons. The molecular formula is C13H25N5O7. The number of Topliss-reactive ketones (excluding diaryl/α,β-unsaturated/α-hetero) is 1. The molecule has 12 heteroatoms. The zero-order valence-corrected chi connectivity index (χ0v) is 14.0. The van der Waals surface area contributed by atoms with Crippen molar-refractivity contribution in [2.45, 2.75) is 44.5 Å². The summed E-state index contributed by atoms with van der Waals surface area (Å²) >= 11 is 0. The number of hydrogen-bond acceptors (Lipinski definition) is 8. The number of carboxylic acid groups (broad SMARTS) is 1. The molecule has 9 N–H and O–H groups in total. The Bertz CT molecular complexity index is 485. The van der Waals surface area contributed by atoms with E-state index in [1.54, 1.807) is 0 Å². The van der Waals surface area contributed by atoms with E-state index in [4.69, 9.17) is 15.9 Å². The van der Waals surface area contributed by atoms with E-state index in [2.05, 4.69) is 16.2 Å². The number of urea groups is 1. The molecule has 12 nitrogen and oxygen atoms in total. The Morgan fingerprint density at radius 1 is 1.16 bits per heavy atom. The number of rotatable bonds is 11. The SMILES string of the molecule is CC(=O)C[C@H](NC(=O)N[C@H](C(=O)O)C(C)O)C(=O)NNC[C@@H](N)CO. The minimum absolute atomic E-state index is 0.0460. The lowest BCUT2D eigenvalue weighted by atomic mass is 10.1. The number of hydrazine groups is 1. The van der Waals surface area contributed by atoms with E-state index >= 15 is 0 Å². The van der Waals surface area contributed by atoms with Gasteiger partial charge in [-0.25, -0.2) is 15.0 Å². The van der Waals surface area contributed by atoms with Gasteiger partial charge in [-0.15, -0.1) is 0 Å². The molecule has 25 heavy (non-hydrogen) atoms. The van der Waals surface area contributed by atoms with Crippen LogP contribution in [0.15, 0.2) is 0 Å². The van der Waals surface area contributed by atoms with Gasteiger partial charge in [0.25, 0.3) is 5.91 Å². The van der Waals surface area contributed by atoms with Gasteiger partial charge >= 0.3 is 12.0 Å². The molecule has 0 aromatic carbocycles. The second-order valence-electron chi connectivity index (χ2n) is 5.45. The topological polar surface area (TPSA) is 203 Å².